The summed E-state index contributed by atoms with van der Waals surface area (Å²) < 4.78 is 13.4. The molecule has 1 spiro atoms. The summed E-state index contributed by atoms with van der Waals surface area (Å²) in [5, 5.41) is 3.16. The lowest BCUT2D eigenvalue weighted by molar-refractivity contribution is -0.121. The Kier molecular flexibility index (Phi) is 4.18. The predicted molar refractivity (Wildman–Crippen MR) is 94.0 cm³/mol. The Morgan fingerprint density at radius 3 is 2.73 bits per heavy atom. The number of benzene rings is 1. The van der Waals surface area contributed by atoms with E-state index in [0.29, 0.717) is 31.5 Å². The summed E-state index contributed by atoms with van der Waals surface area (Å²) in [6, 6.07) is 9.54. The summed E-state index contributed by atoms with van der Waals surface area (Å²) in [5.41, 5.74) is 1.03. The molecule has 1 aromatic heterocycles. The molecule has 1 aromatic carbocycles. The molecule has 0 radical (unpaired) electrons. The molecule has 3 heterocycles. The van der Waals surface area contributed by atoms with Crippen LogP contribution in [0.3, 0.4) is 0 Å². The number of nitrogens with one attached hydrogen (secondary N) is 1. The SMILES string of the molecule is O=C1NC2(CCN(C(=O)c3cccc(F)c3)CC2)C[C@@H]1c1cccnc1. The number of piperidine rings is 1. The van der Waals surface area contributed by atoms with Crippen molar-refractivity contribution >= 4 is 11.8 Å². The molecule has 2 aliphatic heterocycles. The lowest BCUT2D eigenvalue weighted by atomic mass is 9.82. The van der Waals surface area contributed by atoms with Crippen LogP contribution in [0.25, 0.3) is 0 Å². The van der Waals surface area contributed by atoms with Gasteiger partial charge in [0.15, 0.2) is 0 Å². The average molecular weight is 353 g/mol. The van der Waals surface area contributed by atoms with Crippen molar-refractivity contribution in [3.8, 4) is 0 Å². The van der Waals surface area contributed by atoms with Crippen molar-refractivity contribution in [1.29, 1.82) is 0 Å². The van der Waals surface area contributed by atoms with Crippen LogP contribution in [0, 0.1) is 5.82 Å². The van der Waals surface area contributed by atoms with Crippen LogP contribution >= 0.6 is 0 Å². The number of rotatable bonds is 2. The normalized spacial score (nSPS) is 21.7. The predicted octanol–water partition coefficient (Wildman–Crippen LogP) is 2.50. The zero-order valence-electron chi connectivity index (χ0n) is 14.3. The van der Waals surface area contributed by atoms with Crippen LogP contribution in [0.2, 0.25) is 0 Å². The first-order chi connectivity index (χ1) is 12.6. The number of halogens is 1. The quantitative estimate of drug-likeness (QED) is 0.902. The van der Waals surface area contributed by atoms with E-state index < -0.39 is 5.82 Å². The lowest BCUT2D eigenvalue weighted by Gasteiger charge is -2.39. The van der Waals surface area contributed by atoms with Gasteiger partial charge in [-0.1, -0.05) is 12.1 Å². The van der Waals surface area contributed by atoms with Crippen LogP contribution in [0.4, 0.5) is 4.39 Å². The van der Waals surface area contributed by atoms with Crippen molar-refractivity contribution in [2.45, 2.75) is 30.7 Å². The summed E-state index contributed by atoms with van der Waals surface area (Å²) in [7, 11) is 0. The van der Waals surface area contributed by atoms with Crippen molar-refractivity contribution in [3.63, 3.8) is 0 Å². The fourth-order valence-electron chi connectivity index (χ4n) is 4.01. The molecule has 2 aliphatic rings. The second kappa shape index (κ2) is 6.52. The number of carbonyl (C=O) groups excluding carboxylic acids is 2. The first kappa shape index (κ1) is 16.7. The van der Waals surface area contributed by atoms with Gasteiger partial charge in [-0.2, -0.15) is 0 Å². The summed E-state index contributed by atoms with van der Waals surface area (Å²) in [6.07, 6.45) is 5.57. The maximum absolute atomic E-state index is 13.4. The average Bonchev–Trinajstić information content (AvgIpc) is 2.98. The third-order valence-electron chi connectivity index (χ3n) is 5.47. The second-order valence-corrected chi connectivity index (χ2v) is 7.12. The van der Waals surface area contributed by atoms with Crippen molar-refractivity contribution in [1.82, 2.24) is 15.2 Å². The molecule has 6 heteroatoms. The number of pyridine rings is 1. The highest BCUT2D eigenvalue weighted by Gasteiger charge is 2.46. The molecule has 2 saturated heterocycles. The van der Waals surface area contributed by atoms with Gasteiger partial charge in [-0.25, -0.2) is 4.39 Å². The third kappa shape index (κ3) is 3.07. The highest BCUT2D eigenvalue weighted by atomic mass is 19.1. The summed E-state index contributed by atoms with van der Waals surface area (Å²) in [6.45, 7) is 1.10. The van der Waals surface area contributed by atoms with Gasteiger partial charge in [0.25, 0.3) is 5.91 Å². The molecule has 2 amide bonds. The van der Waals surface area contributed by atoms with Gasteiger partial charge < -0.3 is 10.2 Å². The second-order valence-electron chi connectivity index (χ2n) is 7.12. The molecule has 0 unspecified atom stereocenters. The van der Waals surface area contributed by atoms with Crippen LogP contribution in [-0.2, 0) is 4.79 Å². The van der Waals surface area contributed by atoms with Crippen molar-refractivity contribution in [2.24, 2.45) is 0 Å². The molecule has 2 fully saturated rings. The van der Waals surface area contributed by atoms with E-state index in [2.05, 4.69) is 10.3 Å². The minimum absolute atomic E-state index is 0.0305. The Balaban J connectivity index is 1.43. The molecule has 0 bridgehead atoms. The lowest BCUT2D eigenvalue weighted by Crippen LogP contribution is -2.52. The Labute approximate surface area is 151 Å². The van der Waals surface area contributed by atoms with Gasteiger partial charge in [0.2, 0.25) is 5.91 Å². The summed E-state index contributed by atoms with van der Waals surface area (Å²) >= 11 is 0. The number of hydrogen-bond acceptors (Lipinski definition) is 3. The maximum atomic E-state index is 13.4. The van der Waals surface area contributed by atoms with Gasteiger partial charge in [0.1, 0.15) is 5.82 Å². The number of nitrogens with zero attached hydrogens (tertiary/aromatic N) is 2. The third-order valence-corrected chi connectivity index (χ3v) is 5.47. The molecule has 1 atom stereocenters. The van der Waals surface area contributed by atoms with E-state index in [9.17, 15) is 14.0 Å². The van der Waals surface area contributed by atoms with Crippen molar-refractivity contribution in [2.75, 3.05) is 13.1 Å². The van der Waals surface area contributed by atoms with Crippen LogP contribution < -0.4 is 5.32 Å². The van der Waals surface area contributed by atoms with E-state index in [1.165, 1.54) is 12.1 Å². The van der Waals surface area contributed by atoms with E-state index in [1.54, 1.807) is 29.4 Å². The van der Waals surface area contributed by atoms with Gasteiger partial charge in [-0.15, -0.1) is 0 Å². The fourth-order valence-corrected chi connectivity index (χ4v) is 4.01. The maximum Gasteiger partial charge on any atom is 0.253 e. The molecule has 26 heavy (non-hydrogen) atoms. The first-order valence-corrected chi connectivity index (χ1v) is 8.83. The van der Waals surface area contributed by atoms with E-state index in [1.807, 2.05) is 12.1 Å². The van der Waals surface area contributed by atoms with Crippen molar-refractivity contribution < 1.29 is 14.0 Å². The molecule has 0 saturated carbocycles. The molecule has 5 nitrogen and oxygen atoms in total. The highest BCUT2D eigenvalue weighted by Crippen LogP contribution is 2.39. The standard InChI is InChI=1S/C20H20FN3O2/c21-16-5-1-3-14(11-16)19(26)24-9-6-20(7-10-24)12-17(18(25)23-20)15-4-2-8-22-13-15/h1-5,8,11,13,17H,6-7,9-10,12H2,(H,23,25)/t17-/m1/s1. The largest absolute Gasteiger partial charge is 0.350 e. The summed E-state index contributed by atoms with van der Waals surface area (Å²) in [5.74, 6) is -0.726. The van der Waals surface area contributed by atoms with E-state index in [-0.39, 0.29) is 23.3 Å². The molecular weight excluding hydrogens is 333 g/mol. The van der Waals surface area contributed by atoms with Gasteiger partial charge in [-0.3, -0.25) is 14.6 Å². The molecule has 134 valence electrons. The highest BCUT2D eigenvalue weighted by molar-refractivity contribution is 5.94. The van der Waals surface area contributed by atoms with Gasteiger partial charge in [0.05, 0.1) is 5.92 Å². The Morgan fingerprint density at radius 2 is 2.04 bits per heavy atom. The number of carbonyl (C=O) groups is 2. The van der Waals surface area contributed by atoms with Crippen LogP contribution in [0.15, 0.2) is 48.8 Å². The zero-order valence-corrected chi connectivity index (χ0v) is 14.3. The van der Waals surface area contributed by atoms with Crippen molar-refractivity contribution in [3.05, 3.63) is 65.7 Å². The Hall–Kier alpha value is -2.76. The van der Waals surface area contributed by atoms with Crippen LogP contribution in [0.5, 0.6) is 0 Å². The Morgan fingerprint density at radius 1 is 1.23 bits per heavy atom. The minimum Gasteiger partial charge on any atom is -0.350 e. The molecule has 2 aromatic rings. The molecule has 0 aliphatic carbocycles. The smallest absolute Gasteiger partial charge is 0.253 e. The number of hydrogen-bond donors (Lipinski definition) is 1. The number of likely N-dealkylation sites (tertiary alicyclic amines) is 1. The van der Waals surface area contributed by atoms with E-state index in [4.69, 9.17) is 0 Å². The van der Waals surface area contributed by atoms with Crippen LogP contribution in [-0.4, -0.2) is 40.3 Å². The fraction of sp³-hybridized carbons (Fsp3) is 0.350. The number of aromatic nitrogens is 1. The van der Waals surface area contributed by atoms with Gasteiger partial charge in [0, 0.05) is 36.6 Å². The van der Waals surface area contributed by atoms with E-state index in [0.717, 1.165) is 12.0 Å². The zero-order chi connectivity index (χ0) is 18.1. The number of amides is 2. The molecule has 1 N–H and O–H groups in total. The summed E-state index contributed by atoms with van der Waals surface area (Å²) in [4.78, 5) is 30.9. The van der Waals surface area contributed by atoms with Crippen LogP contribution in [0.1, 0.15) is 41.1 Å². The van der Waals surface area contributed by atoms with Gasteiger partial charge >= 0.3 is 0 Å². The monoisotopic (exact) mass is 353 g/mol. The minimum atomic E-state index is -0.410. The van der Waals surface area contributed by atoms with Gasteiger partial charge in [-0.05, 0) is 49.1 Å². The van der Waals surface area contributed by atoms with E-state index >= 15 is 0 Å². The first-order valence-electron chi connectivity index (χ1n) is 8.83. The molecule has 4 rings (SSSR count). The topological polar surface area (TPSA) is 62.3 Å². The molecular formula is C20H20FN3O2. The Bertz CT molecular complexity index is 832.